The lowest BCUT2D eigenvalue weighted by Crippen LogP contribution is -2.48. The number of hydrogen-bond donors (Lipinski definition) is 0. The predicted octanol–water partition coefficient (Wildman–Crippen LogP) is 3.78. The van der Waals surface area contributed by atoms with Gasteiger partial charge in [-0.15, -0.1) is 0 Å². The van der Waals surface area contributed by atoms with E-state index in [1.165, 1.54) is 6.08 Å². The van der Waals surface area contributed by atoms with Crippen LogP contribution in [0.15, 0.2) is 61.4 Å². The molecule has 0 unspecified atom stereocenters. The highest BCUT2D eigenvalue weighted by Crippen LogP contribution is 2.29. The third-order valence-corrected chi connectivity index (χ3v) is 5.11. The Bertz CT molecular complexity index is 995. The summed E-state index contributed by atoms with van der Waals surface area (Å²) in [6.45, 7) is 6.35. The summed E-state index contributed by atoms with van der Waals surface area (Å²) in [4.78, 5) is 24.8. The van der Waals surface area contributed by atoms with E-state index in [9.17, 15) is 4.79 Å². The monoisotopic (exact) mass is 378 g/mol. The molecular weight excluding hydrogens is 360 g/mol. The highest BCUT2D eigenvalue weighted by atomic mass is 35.5. The number of amides is 1. The molecule has 5 nitrogen and oxygen atoms in total. The van der Waals surface area contributed by atoms with Gasteiger partial charge in [-0.25, -0.2) is 9.97 Å². The second-order valence-electron chi connectivity index (χ2n) is 6.45. The Morgan fingerprint density at radius 3 is 2.41 bits per heavy atom. The van der Waals surface area contributed by atoms with Crippen LogP contribution in [-0.2, 0) is 4.79 Å². The second kappa shape index (κ2) is 7.37. The lowest BCUT2D eigenvalue weighted by atomic mass is 10.0. The summed E-state index contributed by atoms with van der Waals surface area (Å²) >= 11 is 6.00. The number of nitrogens with zero attached hydrogens (tertiary/aromatic N) is 4. The third kappa shape index (κ3) is 3.51. The molecule has 136 valence electrons. The largest absolute Gasteiger partial charge is 0.352 e. The molecular formula is C21H19ClN4O. The Labute approximate surface area is 162 Å². The van der Waals surface area contributed by atoms with Crippen LogP contribution in [0.2, 0.25) is 5.02 Å². The summed E-state index contributed by atoms with van der Waals surface area (Å²) < 4.78 is 0. The number of carbonyl (C=O) groups is 1. The molecule has 6 heteroatoms. The molecule has 1 aliphatic heterocycles. The van der Waals surface area contributed by atoms with Gasteiger partial charge in [-0.1, -0.05) is 36.4 Å². The van der Waals surface area contributed by atoms with Gasteiger partial charge in [-0.05, 0) is 41.5 Å². The van der Waals surface area contributed by atoms with Crippen molar-refractivity contribution in [3.05, 3.63) is 66.5 Å². The zero-order valence-corrected chi connectivity index (χ0v) is 15.6. The quantitative estimate of drug-likeness (QED) is 0.651. The molecule has 1 amide bonds. The maximum Gasteiger partial charge on any atom is 0.246 e. The molecule has 3 aromatic rings. The van der Waals surface area contributed by atoms with Gasteiger partial charge in [-0.3, -0.25) is 4.79 Å². The van der Waals surface area contributed by atoms with Gasteiger partial charge < -0.3 is 9.80 Å². The van der Waals surface area contributed by atoms with Crippen molar-refractivity contribution in [2.24, 2.45) is 0 Å². The first-order valence-electron chi connectivity index (χ1n) is 8.83. The normalized spacial score (nSPS) is 14.4. The number of hydrogen-bond acceptors (Lipinski definition) is 4. The summed E-state index contributed by atoms with van der Waals surface area (Å²) in [7, 11) is 0. The summed E-state index contributed by atoms with van der Waals surface area (Å²) in [5.74, 6) is 0.883. The fourth-order valence-electron chi connectivity index (χ4n) is 3.38. The summed E-state index contributed by atoms with van der Waals surface area (Å²) in [5.41, 5.74) is 3.09. The van der Waals surface area contributed by atoms with Crippen LogP contribution in [0.3, 0.4) is 0 Å². The van der Waals surface area contributed by atoms with E-state index in [2.05, 4.69) is 33.6 Å². The Hall–Kier alpha value is -2.92. The molecule has 2 heterocycles. The van der Waals surface area contributed by atoms with Crippen LogP contribution in [0.1, 0.15) is 0 Å². The van der Waals surface area contributed by atoms with E-state index in [0.29, 0.717) is 13.1 Å². The Kier molecular flexibility index (Phi) is 4.77. The first-order valence-corrected chi connectivity index (χ1v) is 9.20. The molecule has 1 saturated heterocycles. The molecule has 2 aromatic carbocycles. The maximum atomic E-state index is 11.8. The number of anilines is 1. The molecule has 1 aromatic heterocycles. The van der Waals surface area contributed by atoms with Gasteiger partial charge in [0.15, 0.2) is 0 Å². The zero-order valence-electron chi connectivity index (χ0n) is 14.8. The minimum atomic E-state index is -0.0211. The number of aromatic nitrogens is 2. The van der Waals surface area contributed by atoms with Crippen LogP contribution in [-0.4, -0.2) is 47.0 Å². The molecule has 0 atom stereocenters. The van der Waals surface area contributed by atoms with E-state index in [4.69, 9.17) is 11.6 Å². The first kappa shape index (κ1) is 17.5. The predicted molar refractivity (Wildman–Crippen MR) is 109 cm³/mol. The van der Waals surface area contributed by atoms with Gasteiger partial charge in [-0.2, -0.15) is 0 Å². The van der Waals surface area contributed by atoms with Crippen LogP contribution in [0.4, 0.5) is 5.82 Å². The van der Waals surface area contributed by atoms with Crippen molar-refractivity contribution in [2.45, 2.75) is 0 Å². The van der Waals surface area contributed by atoms with Crippen molar-refractivity contribution in [1.82, 2.24) is 14.9 Å². The van der Waals surface area contributed by atoms with Crippen LogP contribution in [0.5, 0.6) is 0 Å². The molecule has 0 aliphatic carbocycles. The first-order chi connectivity index (χ1) is 13.2. The summed E-state index contributed by atoms with van der Waals surface area (Å²) in [6, 6.07) is 14.0. The highest BCUT2D eigenvalue weighted by Gasteiger charge is 2.22. The number of rotatable bonds is 3. The number of fused-ring (bicyclic) bond motifs is 1. The lowest BCUT2D eigenvalue weighted by molar-refractivity contribution is -0.126. The van der Waals surface area contributed by atoms with Crippen LogP contribution in [0.25, 0.3) is 22.0 Å². The Morgan fingerprint density at radius 1 is 1.00 bits per heavy atom. The third-order valence-electron chi connectivity index (χ3n) is 4.86. The SMILES string of the molecule is C=CC(=O)N1CCN(c2ncnc3ccc(-c4ccc(Cl)cc4)cc23)CC1. The van der Waals surface area contributed by atoms with E-state index < -0.39 is 0 Å². The highest BCUT2D eigenvalue weighted by molar-refractivity contribution is 6.30. The second-order valence-corrected chi connectivity index (χ2v) is 6.89. The van der Waals surface area contributed by atoms with E-state index in [0.717, 1.165) is 46.0 Å². The summed E-state index contributed by atoms with van der Waals surface area (Å²) in [6.07, 6.45) is 2.97. The van der Waals surface area contributed by atoms with Gasteiger partial charge in [0.2, 0.25) is 5.91 Å². The number of halogens is 1. The van der Waals surface area contributed by atoms with Crippen molar-refractivity contribution in [3.63, 3.8) is 0 Å². The standard InChI is InChI=1S/C21H19ClN4O/c1-2-20(27)25-9-11-26(12-10-25)21-18-13-16(5-8-19(18)23-14-24-21)15-3-6-17(22)7-4-15/h2-8,13-14H,1,9-12H2. The van der Waals surface area contributed by atoms with Crippen molar-refractivity contribution < 1.29 is 4.79 Å². The number of carbonyl (C=O) groups excluding carboxylic acids is 1. The Morgan fingerprint density at radius 2 is 1.70 bits per heavy atom. The van der Waals surface area contributed by atoms with E-state index in [1.807, 2.05) is 35.2 Å². The summed E-state index contributed by atoms with van der Waals surface area (Å²) in [5, 5.41) is 1.73. The van der Waals surface area contributed by atoms with Crippen LogP contribution < -0.4 is 4.90 Å². The van der Waals surface area contributed by atoms with Crippen molar-refractivity contribution in [3.8, 4) is 11.1 Å². The van der Waals surface area contributed by atoms with Gasteiger partial charge in [0.1, 0.15) is 12.1 Å². The average molecular weight is 379 g/mol. The molecule has 0 saturated carbocycles. The topological polar surface area (TPSA) is 49.3 Å². The lowest BCUT2D eigenvalue weighted by Gasteiger charge is -2.35. The fraction of sp³-hybridized carbons (Fsp3) is 0.190. The van der Waals surface area contributed by atoms with E-state index >= 15 is 0 Å². The molecule has 27 heavy (non-hydrogen) atoms. The minimum absolute atomic E-state index is 0.0211. The molecule has 0 N–H and O–H groups in total. The molecule has 4 rings (SSSR count). The van der Waals surface area contributed by atoms with Gasteiger partial charge in [0.05, 0.1) is 5.52 Å². The Balaban J connectivity index is 1.67. The number of benzene rings is 2. The van der Waals surface area contributed by atoms with Crippen LogP contribution >= 0.6 is 11.6 Å². The fourth-order valence-corrected chi connectivity index (χ4v) is 3.51. The zero-order chi connectivity index (χ0) is 18.8. The van der Waals surface area contributed by atoms with Crippen molar-refractivity contribution in [1.29, 1.82) is 0 Å². The van der Waals surface area contributed by atoms with E-state index in [-0.39, 0.29) is 5.91 Å². The maximum absolute atomic E-state index is 11.8. The van der Waals surface area contributed by atoms with E-state index in [1.54, 1.807) is 6.33 Å². The minimum Gasteiger partial charge on any atom is -0.352 e. The number of piperazine rings is 1. The van der Waals surface area contributed by atoms with Crippen molar-refractivity contribution >= 4 is 34.2 Å². The van der Waals surface area contributed by atoms with Crippen molar-refractivity contribution in [2.75, 3.05) is 31.1 Å². The molecule has 0 radical (unpaired) electrons. The van der Waals surface area contributed by atoms with Gasteiger partial charge in [0.25, 0.3) is 0 Å². The van der Waals surface area contributed by atoms with Gasteiger partial charge in [0, 0.05) is 36.6 Å². The average Bonchev–Trinajstić information content (AvgIpc) is 2.73. The molecule has 0 spiro atoms. The molecule has 1 aliphatic rings. The molecule has 0 bridgehead atoms. The smallest absolute Gasteiger partial charge is 0.246 e. The van der Waals surface area contributed by atoms with Crippen LogP contribution in [0, 0.1) is 0 Å². The molecule has 1 fully saturated rings. The van der Waals surface area contributed by atoms with Gasteiger partial charge >= 0.3 is 0 Å².